The van der Waals surface area contributed by atoms with Gasteiger partial charge in [0.2, 0.25) is 0 Å². The zero-order valence-electron chi connectivity index (χ0n) is 21.5. The number of phenols is 1. The topological polar surface area (TPSA) is 95.9 Å². The maximum absolute atomic E-state index is 12.1. The van der Waals surface area contributed by atoms with Crippen LogP contribution in [-0.4, -0.2) is 28.6 Å². The fourth-order valence-corrected chi connectivity index (χ4v) is 3.82. The molecular formula is C30H36ClNO5. The smallest absolute Gasteiger partial charge is 0.305 e. The number of amides is 1. The third kappa shape index (κ3) is 11.8. The number of hydrogen-bond acceptors (Lipinski definition) is 4. The molecule has 6 nitrogen and oxygen atoms in total. The van der Waals surface area contributed by atoms with Gasteiger partial charge in [-0.05, 0) is 79.4 Å². The summed E-state index contributed by atoms with van der Waals surface area (Å²) >= 11 is 5.64. The highest BCUT2D eigenvalue weighted by atomic mass is 35.5. The minimum absolute atomic E-state index is 0.0972. The number of carbonyl (C=O) groups excluding carboxylic acids is 1. The quantitative estimate of drug-likeness (QED) is 0.215. The van der Waals surface area contributed by atoms with Crippen LogP contribution in [0.25, 0.3) is 0 Å². The molecule has 1 atom stereocenters. The van der Waals surface area contributed by atoms with Gasteiger partial charge in [-0.1, -0.05) is 62.1 Å². The van der Waals surface area contributed by atoms with Gasteiger partial charge in [-0.3, -0.25) is 9.59 Å². The Morgan fingerprint density at radius 3 is 2.24 bits per heavy atom. The number of aliphatic carboxylic acids is 1. The highest BCUT2D eigenvalue weighted by molar-refractivity contribution is 6.30. The van der Waals surface area contributed by atoms with Gasteiger partial charge in [0.15, 0.2) is 0 Å². The van der Waals surface area contributed by atoms with Gasteiger partial charge in [0, 0.05) is 17.1 Å². The van der Waals surface area contributed by atoms with Crippen LogP contribution in [0.5, 0.6) is 11.5 Å². The molecule has 3 N–H and O–H groups in total. The van der Waals surface area contributed by atoms with E-state index in [1.165, 1.54) is 12.0 Å². The number of halogens is 1. The summed E-state index contributed by atoms with van der Waals surface area (Å²) in [6.45, 7) is 4.29. The van der Waals surface area contributed by atoms with Gasteiger partial charge in [0.25, 0.3) is 5.91 Å². The van der Waals surface area contributed by atoms with Crippen LogP contribution < -0.4 is 10.1 Å². The first-order valence-corrected chi connectivity index (χ1v) is 12.9. The summed E-state index contributed by atoms with van der Waals surface area (Å²) < 4.78 is 6.15. The highest BCUT2D eigenvalue weighted by Crippen LogP contribution is 2.28. The van der Waals surface area contributed by atoms with Crippen LogP contribution in [0.4, 0.5) is 0 Å². The SMILES string of the molecule is CCCCCCC(Oc1ccc(O)cc1)c1ccc(C(=O)NCCC(=O)O)cc1.Cc1cccc(Cl)c1. The molecule has 3 aromatic carbocycles. The molecule has 0 aliphatic heterocycles. The van der Waals surface area contributed by atoms with E-state index in [2.05, 4.69) is 12.2 Å². The molecule has 0 aromatic heterocycles. The summed E-state index contributed by atoms with van der Waals surface area (Å²) in [5.41, 5.74) is 2.66. The van der Waals surface area contributed by atoms with E-state index in [0.717, 1.165) is 36.3 Å². The number of nitrogens with one attached hydrogen (secondary N) is 1. The van der Waals surface area contributed by atoms with Crippen LogP contribution in [0, 0.1) is 6.92 Å². The van der Waals surface area contributed by atoms with Gasteiger partial charge < -0.3 is 20.3 Å². The molecule has 0 heterocycles. The lowest BCUT2D eigenvalue weighted by atomic mass is 10.0. The Bertz CT molecular complexity index is 1080. The van der Waals surface area contributed by atoms with E-state index < -0.39 is 5.97 Å². The number of hydrogen-bond donors (Lipinski definition) is 3. The summed E-state index contributed by atoms with van der Waals surface area (Å²) in [7, 11) is 0. The summed E-state index contributed by atoms with van der Waals surface area (Å²) in [5.74, 6) is -0.372. The number of phenolic OH excluding ortho intramolecular Hbond substituents is 1. The number of carboxylic acid groups (broad SMARTS) is 1. The lowest BCUT2D eigenvalue weighted by Gasteiger charge is -2.20. The number of aromatic hydroxyl groups is 1. The highest BCUT2D eigenvalue weighted by Gasteiger charge is 2.15. The molecule has 0 spiro atoms. The maximum Gasteiger partial charge on any atom is 0.305 e. The van der Waals surface area contributed by atoms with Crippen molar-refractivity contribution >= 4 is 23.5 Å². The maximum atomic E-state index is 12.1. The lowest BCUT2D eigenvalue weighted by Crippen LogP contribution is -2.26. The fourth-order valence-electron chi connectivity index (χ4n) is 3.58. The zero-order valence-corrected chi connectivity index (χ0v) is 22.2. The third-order valence-corrected chi connectivity index (χ3v) is 5.82. The summed E-state index contributed by atoms with van der Waals surface area (Å²) in [6.07, 6.45) is 5.11. The van der Waals surface area contributed by atoms with Gasteiger partial charge in [0.05, 0.1) is 6.42 Å². The molecular weight excluding hydrogens is 490 g/mol. The Morgan fingerprint density at radius 2 is 1.68 bits per heavy atom. The van der Waals surface area contributed by atoms with E-state index in [0.29, 0.717) is 11.3 Å². The van der Waals surface area contributed by atoms with Gasteiger partial charge >= 0.3 is 5.97 Å². The molecule has 1 amide bonds. The number of carbonyl (C=O) groups is 2. The standard InChI is InChI=1S/C23H29NO5.C7H7Cl/c1-2-3-4-5-6-21(29-20-13-11-19(25)12-14-20)17-7-9-18(10-8-17)23(28)24-16-15-22(26)27;1-6-3-2-4-7(8)5-6/h7-14,21,25H,2-6,15-16H2,1H3,(H,24,28)(H,26,27);2-5H,1H3. The van der Waals surface area contributed by atoms with Crippen LogP contribution in [0.2, 0.25) is 5.02 Å². The van der Waals surface area contributed by atoms with E-state index in [4.69, 9.17) is 21.4 Å². The number of aryl methyl sites for hydroxylation is 1. The van der Waals surface area contributed by atoms with Gasteiger partial charge in [-0.25, -0.2) is 0 Å². The van der Waals surface area contributed by atoms with E-state index >= 15 is 0 Å². The molecule has 198 valence electrons. The van der Waals surface area contributed by atoms with E-state index in [9.17, 15) is 14.7 Å². The van der Waals surface area contributed by atoms with Crippen molar-refractivity contribution in [2.45, 2.75) is 58.5 Å². The second kappa shape index (κ2) is 16.3. The van der Waals surface area contributed by atoms with Crippen LogP contribution in [-0.2, 0) is 4.79 Å². The zero-order chi connectivity index (χ0) is 27.0. The minimum atomic E-state index is -0.946. The summed E-state index contributed by atoms with van der Waals surface area (Å²) in [5, 5.41) is 21.5. The molecule has 0 radical (unpaired) electrons. The molecule has 0 aliphatic carbocycles. The number of ether oxygens (including phenoxy) is 1. The second-order valence-electron chi connectivity index (χ2n) is 8.77. The first-order valence-electron chi connectivity index (χ1n) is 12.6. The molecule has 1 unspecified atom stereocenters. The molecule has 3 aromatic rings. The van der Waals surface area contributed by atoms with Crippen LogP contribution >= 0.6 is 11.6 Å². The minimum Gasteiger partial charge on any atom is -0.508 e. The molecule has 37 heavy (non-hydrogen) atoms. The second-order valence-corrected chi connectivity index (χ2v) is 9.21. The first kappa shape index (κ1) is 29.7. The molecule has 0 fully saturated rings. The van der Waals surface area contributed by atoms with Crippen molar-refractivity contribution in [3.63, 3.8) is 0 Å². The number of rotatable bonds is 12. The van der Waals surface area contributed by atoms with E-state index in [1.807, 2.05) is 43.3 Å². The van der Waals surface area contributed by atoms with Gasteiger partial charge in [-0.15, -0.1) is 0 Å². The van der Waals surface area contributed by atoms with Crippen LogP contribution in [0.3, 0.4) is 0 Å². The van der Waals surface area contributed by atoms with Crippen molar-refractivity contribution in [3.05, 3.63) is 94.5 Å². The van der Waals surface area contributed by atoms with Crippen molar-refractivity contribution in [1.82, 2.24) is 5.32 Å². The average molecular weight is 526 g/mol. The monoisotopic (exact) mass is 525 g/mol. The predicted octanol–water partition coefficient (Wildman–Crippen LogP) is 7.34. The Kier molecular flexibility index (Phi) is 13.1. The Balaban J connectivity index is 0.000000510. The number of unbranched alkanes of at least 4 members (excludes halogenated alkanes) is 3. The Labute approximate surface area is 224 Å². The van der Waals surface area contributed by atoms with Crippen LogP contribution in [0.15, 0.2) is 72.8 Å². The third-order valence-electron chi connectivity index (χ3n) is 5.58. The summed E-state index contributed by atoms with van der Waals surface area (Å²) in [4.78, 5) is 22.7. The average Bonchev–Trinajstić information content (AvgIpc) is 2.87. The van der Waals surface area contributed by atoms with Crippen molar-refractivity contribution in [1.29, 1.82) is 0 Å². The predicted molar refractivity (Wildman–Crippen MR) is 147 cm³/mol. The molecule has 0 saturated carbocycles. The summed E-state index contributed by atoms with van der Waals surface area (Å²) in [6, 6.07) is 21.6. The van der Waals surface area contributed by atoms with Crippen molar-refractivity contribution in [2.75, 3.05) is 6.54 Å². The molecule has 7 heteroatoms. The van der Waals surface area contributed by atoms with Gasteiger partial charge in [-0.2, -0.15) is 0 Å². The largest absolute Gasteiger partial charge is 0.508 e. The molecule has 3 rings (SSSR count). The molecule has 0 aliphatic rings. The Morgan fingerprint density at radius 1 is 0.973 bits per heavy atom. The van der Waals surface area contributed by atoms with E-state index in [-0.39, 0.29) is 30.7 Å². The lowest BCUT2D eigenvalue weighted by molar-refractivity contribution is -0.136. The Hall–Kier alpha value is -3.51. The van der Waals surface area contributed by atoms with Crippen molar-refractivity contribution in [3.8, 4) is 11.5 Å². The van der Waals surface area contributed by atoms with Gasteiger partial charge in [0.1, 0.15) is 17.6 Å². The van der Waals surface area contributed by atoms with E-state index in [1.54, 1.807) is 36.4 Å². The van der Waals surface area contributed by atoms with Crippen LogP contribution in [0.1, 0.15) is 73.0 Å². The number of benzene rings is 3. The van der Waals surface area contributed by atoms with Crippen molar-refractivity contribution in [2.24, 2.45) is 0 Å². The normalized spacial score (nSPS) is 11.1. The molecule has 0 bridgehead atoms. The van der Waals surface area contributed by atoms with Crippen molar-refractivity contribution < 1.29 is 24.5 Å². The molecule has 0 saturated heterocycles. The first-order chi connectivity index (χ1) is 17.8. The number of carboxylic acids is 1. The fraction of sp³-hybridized carbons (Fsp3) is 0.333.